The van der Waals surface area contributed by atoms with Crippen molar-refractivity contribution >= 4 is 17.4 Å². The van der Waals surface area contributed by atoms with Crippen LogP contribution in [0.2, 0.25) is 5.02 Å². The van der Waals surface area contributed by atoms with E-state index in [9.17, 15) is 10.1 Å². The quantitative estimate of drug-likeness (QED) is 0.595. The first-order valence-corrected chi connectivity index (χ1v) is 4.68. The Morgan fingerprint density at radius 3 is 2.69 bits per heavy atom. The lowest BCUT2D eigenvalue weighted by Crippen LogP contribution is -2.04. The maximum Gasteiger partial charge on any atom is 0.408 e. The number of rotatable bonds is 3. The summed E-state index contributed by atoms with van der Waals surface area (Å²) in [6.45, 7) is 0.244. The third-order valence-corrected chi connectivity index (χ3v) is 2.06. The van der Waals surface area contributed by atoms with Crippen LogP contribution in [0.25, 0.3) is 0 Å². The van der Waals surface area contributed by atoms with Crippen LogP contribution in [0, 0.1) is 10.1 Å². The first-order valence-electron chi connectivity index (χ1n) is 4.30. The summed E-state index contributed by atoms with van der Waals surface area (Å²) >= 11 is 5.64. The monoisotopic (exact) mass is 239 g/mol. The van der Waals surface area contributed by atoms with Gasteiger partial charge >= 0.3 is 5.82 Å². The van der Waals surface area contributed by atoms with Crippen LogP contribution in [-0.2, 0) is 6.54 Å². The predicted octanol–water partition coefficient (Wildman–Crippen LogP) is 1.28. The van der Waals surface area contributed by atoms with Crippen LogP contribution >= 0.6 is 11.6 Å². The van der Waals surface area contributed by atoms with E-state index >= 15 is 0 Å². The molecule has 0 aromatic carbocycles. The average molecular weight is 240 g/mol. The van der Waals surface area contributed by atoms with Crippen LogP contribution in [0.5, 0.6) is 0 Å². The van der Waals surface area contributed by atoms with E-state index in [1.807, 2.05) is 0 Å². The van der Waals surface area contributed by atoms with Gasteiger partial charge in [0.25, 0.3) is 0 Å². The van der Waals surface area contributed by atoms with Gasteiger partial charge in [0.15, 0.2) is 10.8 Å². The second-order valence-corrected chi connectivity index (χ2v) is 3.33. The number of nitrogens with zero attached hydrogens (tertiary/aromatic N) is 5. The SMILES string of the molecule is O=[N+]([O-])c1nn(Cc2ncccn2)cc1Cl. The highest BCUT2D eigenvalue weighted by Crippen LogP contribution is 2.21. The summed E-state index contributed by atoms with van der Waals surface area (Å²) < 4.78 is 1.33. The smallest absolute Gasteiger partial charge is 0.358 e. The van der Waals surface area contributed by atoms with Gasteiger partial charge in [-0.1, -0.05) is 11.6 Å². The van der Waals surface area contributed by atoms with Gasteiger partial charge < -0.3 is 10.1 Å². The molecule has 2 aromatic heterocycles. The largest absolute Gasteiger partial charge is 0.408 e. The highest BCUT2D eigenvalue weighted by molar-refractivity contribution is 6.32. The van der Waals surface area contributed by atoms with Crippen molar-refractivity contribution in [3.63, 3.8) is 0 Å². The van der Waals surface area contributed by atoms with E-state index in [2.05, 4.69) is 15.1 Å². The Labute approximate surface area is 94.9 Å². The fraction of sp³-hybridized carbons (Fsp3) is 0.125. The minimum atomic E-state index is -0.634. The number of hydrogen-bond donors (Lipinski definition) is 0. The van der Waals surface area contributed by atoms with Gasteiger partial charge in [0.1, 0.15) is 6.54 Å². The van der Waals surface area contributed by atoms with Gasteiger partial charge in [0, 0.05) is 12.4 Å². The molecule has 0 saturated carbocycles. The van der Waals surface area contributed by atoms with Gasteiger partial charge in [0.2, 0.25) is 0 Å². The normalized spacial score (nSPS) is 10.3. The molecule has 0 bridgehead atoms. The highest BCUT2D eigenvalue weighted by atomic mass is 35.5. The summed E-state index contributed by atoms with van der Waals surface area (Å²) in [4.78, 5) is 17.8. The molecular weight excluding hydrogens is 234 g/mol. The maximum absolute atomic E-state index is 10.5. The average Bonchev–Trinajstić information content (AvgIpc) is 2.61. The Balaban J connectivity index is 2.23. The van der Waals surface area contributed by atoms with Crippen LogP contribution in [0.1, 0.15) is 5.82 Å². The van der Waals surface area contributed by atoms with Crippen molar-refractivity contribution in [1.82, 2.24) is 19.7 Å². The lowest BCUT2D eigenvalue weighted by atomic mass is 10.5. The lowest BCUT2D eigenvalue weighted by Gasteiger charge is -1.94. The van der Waals surface area contributed by atoms with E-state index < -0.39 is 4.92 Å². The fourth-order valence-electron chi connectivity index (χ4n) is 1.15. The lowest BCUT2D eigenvalue weighted by molar-refractivity contribution is -0.389. The fourth-order valence-corrected chi connectivity index (χ4v) is 1.37. The maximum atomic E-state index is 10.5. The molecular formula is C8H6ClN5O2. The first-order chi connectivity index (χ1) is 7.66. The number of halogens is 1. The van der Waals surface area contributed by atoms with Crippen LogP contribution in [0.3, 0.4) is 0 Å². The number of hydrogen-bond acceptors (Lipinski definition) is 5. The molecule has 2 aromatic rings. The van der Waals surface area contributed by atoms with Gasteiger partial charge in [0.05, 0.1) is 11.3 Å². The Morgan fingerprint density at radius 1 is 1.44 bits per heavy atom. The predicted molar refractivity (Wildman–Crippen MR) is 55.0 cm³/mol. The molecule has 8 heteroatoms. The van der Waals surface area contributed by atoms with Crippen molar-refractivity contribution in [2.75, 3.05) is 0 Å². The Hall–Kier alpha value is -2.02. The Kier molecular flexibility index (Phi) is 2.78. The molecule has 2 heterocycles. The summed E-state index contributed by atoms with van der Waals surface area (Å²) in [7, 11) is 0. The molecule has 7 nitrogen and oxygen atoms in total. The zero-order valence-corrected chi connectivity index (χ0v) is 8.70. The van der Waals surface area contributed by atoms with E-state index in [1.54, 1.807) is 18.5 Å². The van der Waals surface area contributed by atoms with Gasteiger partial charge in [-0.05, 0) is 11.0 Å². The molecule has 0 atom stereocenters. The third kappa shape index (κ3) is 2.14. The van der Waals surface area contributed by atoms with Crippen LogP contribution in [0.4, 0.5) is 5.82 Å². The summed E-state index contributed by atoms with van der Waals surface area (Å²) in [5.74, 6) is 0.147. The zero-order chi connectivity index (χ0) is 11.5. The van der Waals surface area contributed by atoms with Gasteiger partial charge in [-0.15, -0.1) is 0 Å². The second-order valence-electron chi connectivity index (χ2n) is 2.92. The van der Waals surface area contributed by atoms with E-state index in [4.69, 9.17) is 11.6 Å². The number of nitro groups is 1. The molecule has 0 fully saturated rings. The van der Waals surface area contributed by atoms with Crippen molar-refractivity contribution in [2.45, 2.75) is 6.54 Å². The summed E-state index contributed by atoms with van der Waals surface area (Å²) in [6.07, 6.45) is 4.54. The molecule has 0 N–H and O–H groups in total. The first kappa shape index (κ1) is 10.5. The number of aromatic nitrogens is 4. The van der Waals surface area contributed by atoms with Gasteiger partial charge in [-0.25, -0.2) is 9.97 Å². The third-order valence-electron chi connectivity index (χ3n) is 1.79. The molecule has 2 rings (SSSR count). The summed E-state index contributed by atoms with van der Waals surface area (Å²) in [5.41, 5.74) is 0. The van der Waals surface area contributed by atoms with Crippen molar-refractivity contribution in [3.05, 3.63) is 45.6 Å². The molecule has 0 aliphatic carbocycles. The molecule has 0 aliphatic heterocycles. The molecule has 0 radical (unpaired) electrons. The Bertz CT molecular complexity index is 512. The van der Waals surface area contributed by atoms with Crippen LogP contribution in [0.15, 0.2) is 24.7 Å². The van der Waals surface area contributed by atoms with Crippen molar-refractivity contribution in [1.29, 1.82) is 0 Å². The van der Waals surface area contributed by atoms with Crippen molar-refractivity contribution < 1.29 is 4.92 Å². The molecule has 82 valence electrons. The van der Waals surface area contributed by atoms with E-state index in [-0.39, 0.29) is 17.4 Å². The molecule has 0 saturated heterocycles. The van der Waals surface area contributed by atoms with Crippen molar-refractivity contribution in [3.8, 4) is 0 Å². The molecule has 0 unspecified atom stereocenters. The summed E-state index contributed by atoms with van der Waals surface area (Å²) in [5, 5.41) is 14.2. The highest BCUT2D eigenvalue weighted by Gasteiger charge is 2.19. The minimum Gasteiger partial charge on any atom is -0.358 e. The Morgan fingerprint density at radius 2 is 2.12 bits per heavy atom. The molecule has 0 amide bonds. The van der Waals surface area contributed by atoms with Gasteiger partial charge in [-0.3, -0.25) is 0 Å². The topological polar surface area (TPSA) is 86.7 Å². The second kappa shape index (κ2) is 4.23. The summed E-state index contributed by atoms with van der Waals surface area (Å²) in [6, 6.07) is 1.68. The standard InChI is InChI=1S/C8H6ClN5O2/c9-6-4-13(12-8(6)14(15)16)5-7-10-2-1-3-11-7/h1-4H,5H2. The zero-order valence-electron chi connectivity index (χ0n) is 7.95. The van der Waals surface area contributed by atoms with Gasteiger partial charge in [-0.2, -0.15) is 4.68 Å². The van der Waals surface area contributed by atoms with Crippen LogP contribution in [-0.4, -0.2) is 24.7 Å². The van der Waals surface area contributed by atoms with E-state index in [0.717, 1.165) is 0 Å². The molecule has 0 spiro atoms. The van der Waals surface area contributed by atoms with E-state index in [0.29, 0.717) is 5.82 Å². The van der Waals surface area contributed by atoms with Crippen LogP contribution < -0.4 is 0 Å². The van der Waals surface area contributed by atoms with Crippen molar-refractivity contribution in [2.24, 2.45) is 0 Å². The molecule has 0 aliphatic rings. The molecule has 16 heavy (non-hydrogen) atoms. The van der Waals surface area contributed by atoms with E-state index in [1.165, 1.54) is 10.9 Å². The minimum absolute atomic E-state index is 0.000862.